The van der Waals surface area contributed by atoms with Gasteiger partial charge in [-0.15, -0.1) is 0 Å². The van der Waals surface area contributed by atoms with Crippen molar-refractivity contribution in [1.82, 2.24) is 14.5 Å². The molecule has 3 rings (SSSR count). The van der Waals surface area contributed by atoms with E-state index < -0.39 is 24.3 Å². The number of hydrogen-bond donors (Lipinski definition) is 2. The van der Waals surface area contributed by atoms with Gasteiger partial charge >= 0.3 is 24.3 Å². The second kappa shape index (κ2) is 12.4. The van der Waals surface area contributed by atoms with Crippen LogP contribution in [0, 0.1) is 0 Å². The van der Waals surface area contributed by atoms with Gasteiger partial charge in [0.05, 0.1) is 17.4 Å². The smallest absolute Gasteiger partial charge is 0.475 e. The molecule has 0 radical (unpaired) electrons. The largest absolute Gasteiger partial charge is 0.490 e. The minimum absolute atomic E-state index is 0.772. The van der Waals surface area contributed by atoms with Crippen LogP contribution >= 0.6 is 0 Å². The molecule has 0 saturated carbocycles. The average molecular weight is 485 g/mol. The number of fused-ring (bicyclic) bond motifs is 1. The Hall–Kier alpha value is -2.83. The fourth-order valence-electron chi connectivity index (χ4n) is 3.12. The number of benzene rings is 1. The van der Waals surface area contributed by atoms with E-state index in [9.17, 15) is 26.3 Å². The molecule has 1 aromatic heterocycles. The van der Waals surface area contributed by atoms with Crippen molar-refractivity contribution < 1.29 is 46.1 Å². The molecule has 1 aliphatic rings. The van der Waals surface area contributed by atoms with Crippen molar-refractivity contribution in [3.8, 4) is 0 Å². The molecule has 0 spiro atoms. The minimum Gasteiger partial charge on any atom is -0.475 e. The van der Waals surface area contributed by atoms with Gasteiger partial charge in [0, 0.05) is 19.1 Å². The fraction of sp³-hybridized carbons (Fsp3) is 0.550. The molecule has 2 aromatic rings. The van der Waals surface area contributed by atoms with Crippen LogP contribution in [-0.4, -0.2) is 68.1 Å². The van der Waals surface area contributed by atoms with Gasteiger partial charge < -0.3 is 19.7 Å². The summed E-state index contributed by atoms with van der Waals surface area (Å²) in [5, 5.41) is 14.2. The number of alkyl halides is 6. The molecule has 7 nitrogen and oxygen atoms in total. The Bertz CT molecular complexity index is 874. The molecule has 1 saturated heterocycles. The molecule has 1 aliphatic heterocycles. The number of aryl methyl sites for hydroxylation is 1. The Morgan fingerprint density at radius 1 is 1.00 bits per heavy atom. The number of imidazole rings is 1. The Balaban J connectivity index is 0.000000324. The maximum atomic E-state index is 10.6. The second-order valence-electron chi connectivity index (χ2n) is 7.27. The molecule has 1 atom stereocenters. The number of aliphatic carboxylic acids is 2. The molecular formula is C20H25F6N3O4. The number of piperidine rings is 1. The first-order valence-electron chi connectivity index (χ1n) is 9.97. The average Bonchev–Trinajstić information content (AvgIpc) is 3.12. The summed E-state index contributed by atoms with van der Waals surface area (Å²) in [6, 6.07) is 9.15. The zero-order chi connectivity index (χ0) is 25.2. The molecular weight excluding hydrogens is 460 g/mol. The lowest BCUT2D eigenvalue weighted by atomic mass is 10.0. The van der Waals surface area contributed by atoms with E-state index in [2.05, 4.69) is 45.6 Å². The second-order valence-corrected chi connectivity index (χ2v) is 7.27. The monoisotopic (exact) mass is 485 g/mol. The van der Waals surface area contributed by atoms with Crippen molar-refractivity contribution in [2.75, 3.05) is 13.1 Å². The number of nitrogens with zero attached hydrogens (tertiary/aromatic N) is 3. The number of rotatable bonds is 4. The van der Waals surface area contributed by atoms with Gasteiger partial charge in [0.15, 0.2) is 0 Å². The van der Waals surface area contributed by atoms with Crippen LogP contribution in [-0.2, 0) is 16.1 Å². The van der Waals surface area contributed by atoms with E-state index in [-0.39, 0.29) is 0 Å². The van der Waals surface area contributed by atoms with Gasteiger partial charge in [-0.05, 0) is 44.9 Å². The lowest BCUT2D eigenvalue weighted by molar-refractivity contribution is -0.193. The van der Waals surface area contributed by atoms with E-state index in [1.165, 1.54) is 44.3 Å². The third-order valence-electron chi connectivity index (χ3n) is 4.80. The number of para-hydroxylation sites is 2. The van der Waals surface area contributed by atoms with E-state index in [1.54, 1.807) is 0 Å². The topological polar surface area (TPSA) is 95.7 Å². The minimum atomic E-state index is -5.08. The van der Waals surface area contributed by atoms with Gasteiger partial charge in [-0.3, -0.25) is 0 Å². The zero-order valence-electron chi connectivity index (χ0n) is 17.7. The Morgan fingerprint density at radius 3 is 2.06 bits per heavy atom. The number of carboxylic acids is 2. The first-order chi connectivity index (χ1) is 15.2. The predicted molar refractivity (Wildman–Crippen MR) is 107 cm³/mol. The van der Waals surface area contributed by atoms with E-state index >= 15 is 0 Å². The van der Waals surface area contributed by atoms with Crippen LogP contribution in [0.3, 0.4) is 0 Å². The van der Waals surface area contributed by atoms with Gasteiger partial charge in [-0.25, -0.2) is 14.6 Å². The standard InChI is InChI=1S/C16H23N3.2C2HF3O2/c1-14-7-4-5-10-18(14)11-6-12-19-13-17-15-8-2-3-9-16(15)19;2*3-2(4,5)1(6)7/h2-3,8-9,13-14H,4-7,10-12H2,1H3;2*(H,6,7). The molecule has 0 amide bonds. The molecule has 186 valence electrons. The van der Waals surface area contributed by atoms with Crippen LogP contribution in [0.4, 0.5) is 26.3 Å². The lowest BCUT2D eigenvalue weighted by Gasteiger charge is -2.33. The summed E-state index contributed by atoms with van der Waals surface area (Å²) in [4.78, 5) is 24.9. The van der Waals surface area contributed by atoms with Crippen molar-refractivity contribution >= 4 is 23.0 Å². The predicted octanol–water partition coefficient (Wildman–Crippen LogP) is 4.57. The van der Waals surface area contributed by atoms with Crippen LogP contribution in [0.15, 0.2) is 30.6 Å². The molecule has 0 bridgehead atoms. The van der Waals surface area contributed by atoms with E-state index in [1.807, 2.05) is 6.33 Å². The van der Waals surface area contributed by atoms with Crippen LogP contribution in [0.5, 0.6) is 0 Å². The summed E-state index contributed by atoms with van der Waals surface area (Å²) in [5.74, 6) is -5.51. The Labute approximate surface area is 185 Å². The number of hydrogen-bond acceptors (Lipinski definition) is 4. The highest BCUT2D eigenvalue weighted by Gasteiger charge is 2.38. The number of likely N-dealkylation sites (tertiary alicyclic amines) is 1. The molecule has 2 N–H and O–H groups in total. The first kappa shape index (κ1) is 28.2. The van der Waals surface area contributed by atoms with Gasteiger partial charge in [-0.1, -0.05) is 18.6 Å². The summed E-state index contributed by atoms with van der Waals surface area (Å²) in [6.07, 6.45) is -2.83. The summed E-state index contributed by atoms with van der Waals surface area (Å²) >= 11 is 0. The van der Waals surface area contributed by atoms with E-state index in [0.29, 0.717) is 0 Å². The first-order valence-corrected chi connectivity index (χ1v) is 9.97. The maximum Gasteiger partial charge on any atom is 0.490 e. The summed E-state index contributed by atoms with van der Waals surface area (Å²) in [5.41, 5.74) is 2.36. The van der Waals surface area contributed by atoms with Crippen LogP contribution in [0.25, 0.3) is 11.0 Å². The third-order valence-corrected chi connectivity index (χ3v) is 4.80. The van der Waals surface area contributed by atoms with Crippen molar-refractivity contribution in [1.29, 1.82) is 0 Å². The molecule has 1 aromatic carbocycles. The van der Waals surface area contributed by atoms with Gasteiger partial charge in [0.25, 0.3) is 0 Å². The highest BCUT2D eigenvalue weighted by atomic mass is 19.4. The zero-order valence-corrected chi connectivity index (χ0v) is 17.7. The summed E-state index contributed by atoms with van der Waals surface area (Å²) in [7, 11) is 0. The van der Waals surface area contributed by atoms with E-state index in [0.717, 1.165) is 18.1 Å². The molecule has 0 aliphatic carbocycles. The molecule has 13 heteroatoms. The molecule has 1 fully saturated rings. The maximum absolute atomic E-state index is 10.6. The highest BCUT2D eigenvalue weighted by molar-refractivity contribution is 5.75. The van der Waals surface area contributed by atoms with Gasteiger partial charge in [0.1, 0.15) is 0 Å². The molecule has 33 heavy (non-hydrogen) atoms. The van der Waals surface area contributed by atoms with Crippen molar-refractivity contribution in [2.45, 2.75) is 57.5 Å². The third kappa shape index (κ3) is 10.1. The normalized spacial score (nSPS) is 16.9. The number of carbonyl (C=O) groups is 2. The van der Waals surface area contributed by atoms with Gasteiger partial charge in [-0.2, -0.15) is 26.3 Å². The van der Waals surface area contributed by atoms with Crippen LogP contribution in [0.1, 0.15) is 32.6 Å². The van der Waals surface area contributed by atoms with Crippen LogP contribution < -0.4 is 0 Å². The SMILES string of the molecule is CC1CCCCN1CCCn1cnc2ccccc21.O=C(O)C(F)(F)F.O=C(O)C(F)(F)F. The highest BCUT2D eigenvalue weighted by Crippen LogP contribution is 2.17. The summed E-state index contributed by atoms with van der Waals surface area (Å²) in [6.45, 7) is 5.94. The van der Waals surface area contributed by atoms with Crippen LogP contribution in [0.2, 0.25) is 0 Å². The van der Waals surface area contributed by atoms with Crippen molar-refractivity contribution in [2.24, 2.45) is 0 Å². The number of carboxylic acid groups (broad SMARTS) is 2. The Morgan fingerprint density at radius 2 is 1.55 bits per heavy atom. The fourth-order valence-corrected chi connectivity index (χ4v) is 3.12. The Kier molecular flexibility index (Phi) is 10.6. The number of aromatic nitrogens is 2. The quantitative estimate of drug-likeness (QED) is 0.617. The van der Waals surface area contributed by atoms with E-state index in [4.69, 9.17) is 19.8 Å². The number of halogens is 6. The lowest BCUT2D eigenvalue weighted by Crippen LogP contribution is -2.38. The van der Waals surface area contributed by atoms with Gasteiger partial charge in [0.2, 0.25) is 0 Å². The van der Waals surface area contributed by atoms with Crippen molar-refractivity contribution in [3.05, 3.63) is 30.6 Å². The molecule has 1 unspecified atom stereocenters. The summed E-state index contributed by atoms with van der Waals surface area (Å²) < 4.78 is 65.8. The molecule has 2 heterocycles. The van der Waals surface area contributed by atoms with Crippen molar-refractivity contribution in [3.63, 3.8) is 0 Å².